The molecule has 0 saturated carbocycles. The molecule has 0 aliphatic rings. The highest BCUT2D eigenvalue weighted by Crippen LogP contribution is 2.28. The molecular formula is C9H12Cl3N3OS. The molecule has 0 aromatic carbocycles. The molecule has 1 aromatic rings. The second-order valence-corrected chi connectivity index (χ2v) is 6.75. The fourth-order valence-corrected chi connectivity index (χ4v) is 2.02. The molecule has 0 saturated heterocycles. The number of rotatable bonds is 5. The molecule has 0 bridgehead atoms. The summed E-state index contributed by atoms with van der Waals surface area (Å²) in [6, 6.07) is 0. The van der Waals surface area contributed by atoms with Crippen molar-refractivity contribution in [1.82, 2.24) is 10.2 Å². The fraction of sp³-hybridized carbons (Fsp3) is 0.667. The number of carbonyl (C=O) groups is 1. The average Bonchev–Trinajstić information content (AvgIpc) is 2.65. The number of hydrogen-bond acceptors (Lipinski definition) is 4. The second kappa shape index (κ2) is 6.73. The predicted molar refractivity (Wildman–Crippen MR) is 72.1 cm³/mol. The zero-order valence-electron chi connectivity index (χ0n) is 9.17. The summed E-state index contributed by atoms with van der Waals surface area (Å²) in [7, 11) is 0. The standard InChI is InChI=1S/C9H12Cl3N3OS/c1-2-3-4-5-6-14-15-8(17-6)13-7(16)9(10,11)12/h2-5H2,1H3,(H,13,15,16). The zero-order chi connectivity index (χ0) is 12.9. The van der Waals surface area contributed by atoms with Crippen LogP contribution in [0.2, 0.25) is 0 Å². The van der Waals surface area contributed by atoms with Gasteiger partial charge in [-0.25, -0.2) is 0 Å². The fourth-order valence-electron chi connectivity index (χ4n) is 1.10. The highest BCUT2D eigenvalue weighted by Gasteiger charge is 2.31. The summed E-state index contributed by atoms with van der Waals surface area (Å²) < 4.78 is -1.98. The number of alkyl halides is 3. The van der Waals surface area contributed by atoms with Crippen LogP contribution in [0.15, 0.2) is 0 Å². The van der Waals surface area contributed by atoms with Crippen molar-refractivity contribution < 1.29 is 4.79 Å². The number of halogens is 3. The Morgan fingerprint density at radius 1 is 1.35 bits per heavy atom. The first-order valence-corrected chi connectivity index (χ1v) is 7.09. The molecule has 1 heterocycles. The van der Waals surface area contributed by atoms with Crippen LogP contribution in [0.25, 0.3) is 0 Å². The van der Waals surface area contributed by atoms with Crippen molar-refractivity contribution in [3.63, 3.8) is 0 Å². The highest BCUT2D eigenvalue weighted by atomic mass is 35.6. The lowest BCUT2D eigenvalue weighted by molar-refractivity contribution is -0.115. The molecule has 1 rings (SSSR count). The molecule has 8 heteroatoms. The lowest BCUT2D eigenvalue weighted by atomic mass is 10.2. The molecule has 0 aliphatic carbocycles. The number of carbonyl (C=O) groups excluding carboxylic acids is 1. The van der Waals surface area contributed by atoms with Gasteiger partial charge in [0.05, 0.1) is 0 Å². The van der Waals surface area contributed by atoms with Crippen LogP contribution in [-0.2, 0) is 11.2 Å². The van der Waals surface area contributed by atoms with E-state index < -0.39 is 9.70 Å². The number of nitrogens with zero attached hydrogens (tertiary/aromatic N) is 2. The van der Waals surface area contributed by atoms with Crippen LogP contribution >= 0.6 is 46.1 Å². The number of anilines is 1. The number of hydrogen-bond donors (Lipinski definition) is 1. The number of aryl methyl sites for hydroxylation is 1. The lowest BCUT2D eigenvalue weighted by Crippen LogP contribution is -2.26. The Bertz CT molecular complexity index is 378. The second-order valence-electron chi connectivity index (χ2n) is 3.41. The van der Waals surface area contributed by atoms with Crippen molar-refractivity contribution in [3.05, 3.63) is 5.01 Å². The van der Waals surface area contributed by atoms with Gasteiger partial charge in [-0.1, -0.05) is 65.9 Å². The Morgan fingerprint density at radius 2 is 2.06 bits per heavy atom. The SMILES string of the molecule is CCCCCc1nnc(NC(=O)C(Cl)(Cl)Cl)s1. The van der Waals surface area contributed by atoms with Gasteiger partial charge in [-0.2, -0.15) is 0 Å². The van der Waals surface area contributed by atoms with Gasteiger partial charge in [-0.3, -0.25) is 10.1 Å². The molecule has 4 nitrogen and oxygen atoms in total. The number of unbranched alkanes of at least 4 members (excludes halogenated alkanes) is 2. The molecule has 1 amide bonds. The quantitative estimate of drug-likeness (QED) is 0.667. The van der Waals surface area contributed by atoms with Gasteiger partial charge in [0.25, 0.3) is 9.70 Å². The molecule has 0 radical (unpaired) electrons. The average molecular weight is 317 g/mol. The van der Waals surface area contributed by atoms with Crippen LogP contribution in [0.1, 0.15) is 31.2 Å². The monoisotopic (exact) mass is 315 g/mol. The largest absolute Gasteiger partial charge is 0.297 e. The third kappa shape index (κ3) is 5.38. The van der Waals surface area contributed by atoms with E-state index in [0.717, 1.165) is 30.7 Å². The van der Waals surface area contributed by atoms with E-state index in [1.807, 2.05) is 0 Å². The van der Waals surface area contributed by atoms with Crippen molar-refractivity contribution in [3.8, 4) is 0 Å². The maximum Gasteiger partial charge on any atom is 0.278 e. The summed E-state index contributed by atoms with van der Waals surface area (Å²) >= 11 is 17.6. The molecule has 0 fully saturated rings. The van der Waals surface area contributed by atoms with Crippen molar-refractivity contribution in [2.75, 3.05) is 5.32 Å². The van der Waals surface area contributed by atoms with E-state index in [1.54, 1.807) is 0 Å². The number of nitrogens with one attached hydrogen (secondary N) is 1. The number of aromatic nitrogens is 2. The van der Waals surface area contributed by atoms with Crippen molar-refractivity contribution >= 4 is 57.2 Å². The van der Waals surface area contributed by atoms with Gasteiger partial charge < -0.3 is 0 Å². The van der Waals surface area contributed by atoms with Gasteiger partial charge in [0, 0.05) is 6.42 Å². The summed E-state index contributed by atoms with van der Waals surface area (Å²) in [5.74, 6) is -0.723. The van der Waals surface area contributed by atoms with Gasteiger partial charge in [0.1, 0.15) is 5.01 Å². The van der Waals surface area contributed by atoms with Crippen LogP contribution < -0.4 is 5.32 Å². The Kier molecular flexibility index (Phi) is 5.92. The van der Waals surface area contributed by atoms with Crippen LogP contribution in [0.3, 0.4) is 0 Å². The summed E-state index contributed by atoms with van der Waals surface area (Å²) in [4.78, 5) is 11.3. The smallest absolute Gasteiger partial charge is 0.278 e. The van der Waals surface area contributed by atoms with Crippen LogP contribution in [0.4, 0.5) is 5.13 Å². The van der Waals surface area contributed by atoms with E-state index >= 15 is 0 Å². The van der Waals surface area contributed by atoms with E-state index in [9.17, 15) is 4.79 Å². The van der Waals surface area contributed by atoms with Crippen molar-refractivity contribution in [2.45, 2.75) is 36.4 Å². The molecule has 0 atom stereocenters. The molecule has 1 aromatic heterocycles. The van der Waals surface area contributed by atoms with Crippen LogP contribution in [0, 0.1) is 0 Å². The predicted octanol–water partition coefficient (Wildman–Crippen LogP) is 3.58. The molecule has 0 spiro atoms. The van der Waals surface area contributed by atoms with Crippen LogP contribution in [-0.4, -0.2) is 19.9 Å². The Balaban J connectivity index is 2.48. The van der Waals surface area contributed by atoms with Crippen molar-refractivity contribution in [2.24, 2.45) is 0 Å². The Morgan fingerprint density at radius 3 is 2.65 bits per heavy atom. The van der Waals surface area contributed by atoms with Crippen molar-refractivity contribution in [1.29, 1.82) is 0 Å². The van der Waals surface area contributed by atoms with E-state index in [0.29, 0.717) is 5.13 Å². The summed E-state index contributed by atoms with van der Waals surface area (Å²) in [5.41, 5.74) is 0. The van der Waals surface area contributed by atoms with E-state index in [2.05, 4.69) is 22.4 Å². The molecule has 0 aliphatic heterocycles. The minimum absolute atomic E-state index is 0.354. The first kappa shape index (κ1) is 15.0. The molecule has 96 valence electrons. The van der Waals surface area contributed by atoms with E-state index in [1.165, 1.54) is 11.3 Å². The summed E-state index contributed by atoms with van der Waals surface area (Å²) in [5, 5.41) is 11.4. The first-order chi connectivity index (χ1) is 7.93. The van der Waals surface area contributed by atoms with Gasteiger partial charge in [-0.05, 0) is 6.42 Å². The first-order valence-electron chi connectivity index (χ1n) is 5.14. The van der Waals surface area contributed by atoms with E-state index in [4.69, 9.17) is 34.8 Å². The van der Waals surface area contributed by atoms with Gasteiger partial charge >= 0.3 is 0 Å². The lowest BCUT2D eigenvalue weighted by Gasteiger charge is -2.07. The summed E-state index contributed by atoms with van der Waals surface area (Å²) in [6.45, 7) is 2.13. The minimum Gasteiger partial charge on any atom is -0.297 e. The van der Waals surface area contributed by atoms with Gasteiger partial charge in [0.15, 0.2) is 0 Å². The Labute approximate surface area is 119 Å². The molecule has 0 unspecified atom stereocenters. The third-order valence-corrected chi connectivity index (χ3v) is 3.35. The van der Waals surface area contributed by atoms with Gasteiger partial charge in [0.2, 0.25) is 5.13 Å². The third-order valence-electron chi connectivity index (χ3n) is 1.94. The minimum atomic E-state index is -1.98. The number of amides is 1. The maximum atomic E-state index is 11.3. The van der Waals surface area contributed by atoms with Crippen LogP contribution in [0.5, 0.6) is 0 Å². The maximum absolute atomic E-state index is 11.3. The van der Waals surface area contributed by atoms with E-state index in [-0.39, 0.29) is 0 Å². The molecule has 17 heavy (non-hydrogen) atoms. The zero-order valence-corrected chi connectivity index (χ0v) is 12.3. The molecular weight excluding hydrogens is 305 g/mol. The Hall–Kier alpha value is -0.100. The topological polar surface area (TPSA) is 54.9 Å². The summed E-state index contributed by atoms with van der Waals surface area (Å²) in [6.07, 6.45) is 4.21. The normalized spacial score (nSPS) is 11.5. The van der Waals surface area contributed by atoms with Gasteiger partial charge in [-0.15, -0.1) is 10.2 Å². The molecule has 1 N–H and O–H groups in total. The highest BCUT2D eigenvalue weighted by molar-refractivity contribution is 7.15.